The van der Waals surface area contributed by atoms with Crippen molar-refractivity contribution in [1.29, 1.82) is 10.5 Å². The maximum Gasteiger partial charge on any atom is 0.147 e. The molecule has 1 spiro atoms. The van der Waals surface area contributed by atoms with Gasteiger partial charge in [0.2, 0.25) is 0 Å². The Bertz CT molecular complexity index is 3310. The van der Waals surface area contributed by atoms with Gasteiger partial charge in [-0.1, -0.05) is 115 Å². The third-order valence-electron chi connectivity index (χ3n) is 12.2. The van der Waals surface area contributed by atoms with E-state index in [4.69, 9.17) is 0 Å². The fourth-order valence-corrected chi connectivity index (χ4v) is 9.82. The molecule has 0 fully saturated rings. The van der Waals surface area contributed by atoms with Crippen LogP contribution in [0.3, 0.4) is 0 Å². The second kappa shape index (κ2) is 13.9. The molecular formula is C55H32F2N4. The van der Waals surface area contributed by atoms with E-state index in [9.17, 15) is 10.5 Å². The van der Waals surface area contributed by atoms with Gasteiger partial charge in [-0.3, -0.25) is 0 Å². The predicted octanol–water partition coefficient (Wildman–Crippen LogP) is 14.1. The van der Waals surface area contributed by atoms with Crippen molar-refractivity contribution in [3.05, 3.63) is 239 Å². The molecule has 286 valence electrons. The second-order valence-electron chi connectivity index (χ2n) is 15.3. The molecule has 0 bridgehead atoms. The van der Waals surface area contributed by atoms with Crippen LogP contribution < -0.4 is 9.80 Å². The molecule has 4 nitrogen and oxygen atoms in total. The van der Waals surface area contributed by atoms with Crippen molar-refractivity contribution >= 4 is 44.9 Å². The lowest BCUT2D eigenvalue weighted by Gasteiger charge is -2.34. The lowest BCUT2D eigenvalue weighted by molar-refractivity contribution is 0.628. The van der Waals surface area contributed by atoms with Gasteiger partial charge >= 0.3 is 0 Å². The number of nitriles is 2. The zero-order chi connectivity index (χ0) is 41.2. The Kier molecular flexibility index (Phi) is 8.17. The van der Waals surface area contributed by atoms with Crippen LogP contribution in [0.2, 0.25) is 0 Å². The third kappa shape index (κ3) is 5.26. The Morgan fingerprint density at radius 1 is 0.377 bits per heavy atom. The van der Waals surface area contributed by atoms with Gasteiger partial charge in [0.1, 0.15) is 11.6 Å². The molecule has 11 rings (SSSR count). The van der Waals surface area contributed by atoms with E-state index in [2.05, 4.69) is 91.0 Å². The van der Waals surface area contributed by atoms with Crippen LogP contribution in [0.15, 0.2) is 194 Å². The van der Waals surface area contributed by atoms with Gasteiger partial charge in [0.15, 0.2) is 0 Å². The van der Waals surface area contributed by atoms with Crippen LogP contribution >= 0.6 is 0 Å². The van der Waals surface area contributed by atoms with Gasteiger partial charge in [0.25, 0.3) is 0 Å². The summed E-state index contributed by atoms with van der Waals surface area (Å²) < 4.78 is 32.4. The van der Waals surface area contributed by atoms with E-state index in [0.29, 0.717) is 33.9 Å². The maximum atomic E-state index is 16.3. The molecular weight excluding hydrogens is 755 g/mol. The topological polar surface area (TPSA) is 54.1 Å². The SMILES string of the molecule is N#Cc1cccc(N(c2ccc3c(c2)C2(c4ccccc4-c4ccccc42)c2cc(N(c4cccc(C#N)c4)c4ccccc4F)c4ccccc4c2-3)c2ccccc2F)c1. The zero-order valence-corrected chi connectivity index (χ0v) is 32.5. The molecule has 0 N–H and O–H groups in total. The fraction of sp³-hybridized carbons (Fsp3) is 0.0182. The number of hydrogen-bond acceptors (Lipinski definition) is 4. The van der Waals surface area contributed by atoms with Gasteiger partial charge in [-0.05, 0) is 129 Å². The summed E-state index contributed by atoms with van der Waals surface area (Å²) in [5, 5.41) is 21.9. The van der Waals surface area contributed by atoms with Crippen LogP contribution in [-0.4, -0.2) is 0 Å². The van der Waals surface area contributed by atoms with E-state index < -0.39 is 17.0 Å². The number of rotatable bonds is 6. The standard InChI is InChI=1S/C55H32F2N4/c56-49-23-7-9-25-51(49)60(37-15-11-13-35(29-37)33-58)39-27-28-44-47(31-39)55(45-21-5-3-17-40(45)41-18-4-6-22-46(41)55)48-32-53(42-19-1-2-20-43(42)54(44)48)61(52-26-10-8-24-50(52)57)38-16-12-14-36(30-38)34-59/h1-32H. The summed E-state index contributed by atoms with van der Waals surface area (Å²) in [7, 11) is 0. The first-order valence-corrected chi connectivity index (χ1v) is 20.0. The normalized spacial score (nSPS) is 12.5. The fourth-order valence-electron chi connectivity index (χ4n) is 9.82. The van der Waals surface area contributed by atoms with Gasteiger partial charge in [-0.15, -0.1) is 0 Å². The van der Waals surface area contributed by atoms with Gasteiger partial charge in [0, 0.05) is 22.4 Å². The van der Waals surface area contributed by atoms with Gasteiger partial charge in [0.05, 0.1) is 45.7 Å². The molecule has 0 unspecified atom stereocenters. The quantitative estimate of drug-likeness (QED) is 0.168. The molecule has 0 atom stereocenters. The molecule has 0 radical (unpaired) electrons. The molecule has 0 heterocycles. The molecule has 2 aliphatic carbocycles. The number of para-hydroxylation sites is 2. The third-order valence-corrected chi connectivity index (χ3v) is 12.2. The molecule has 61 heavy (non-hydrogen) atoms. The van der Waals surface area contributed by atoms with Crippen molar-refractivity contribution in [3.63, 3.8) is 0 Å². The number of anilines is 6. The lowest BCUT2D eigenvalue weighted by Crippen LogP contribution is -2.26. The van der Waals surface area contributed by atoms with Crippen molar-refractivity contribution in [2.24, 2.45) is 0 Å². The molecule has 0 amide bonds. The van der Waals surface area contributed by atoms with Crippen molar-refractivity contribution < 1.29 is 8.78 Å². The average Bonchev–Trinajstić information content (AvgIpc) is 3.78. The van der Waals surface area contributed by atoms with Crippen molar-refractivity contribution in [3.8, 4) is 34.4 Å². The summed E-state index contributed by atoms with van der Waals surface area (Å²) >= 11 is 0. The van der Waals surface area contributed by atoms with Crippen LogP contribution in [0.4, 0.5) is 42.9 Å². The Morgan fingerprint density at radius 2 is 0.885 bits per heavy atom. The molecule has 0 saturated carbocycles. The number of nitrogens with zero attached hydrogens (tertiary/aromatic N) is 4. The van der Waals surface area contributed by atoms with Gasteiger partial charge < -0.3 is 9.80 Å². The van der Waals surface area contributed by atoms with E-state index >= 15 is 8.78 Å². The zero-order valence-electron chi connectivity index (χ0n) is 32.5. The maximum absolute atomic E-state index is 16.3. The minimum Gasteiger partial charge on any atom is -0.308 e. The first kappa shape index (κ1) is 35.8. The largest absolute Gasteiger partial charge is 0.308 e. The lowest BCUT2D eigenvalue weighted by atomic mass is 9.70. The van der Waals surface area contributed by atoms with Gasteiger partial charge in [-0.25, -0.2) is 8.78 Å². The molecule has 0 saturated heterocycles. The summed E-state index contributed by atoms with van der Waals surface area (Å²) in [5.41, 5.74) is 12.0. The van der Waals surface area contributed by atoms with Crippen molar-refractivity contribution in [2.45, 2.75) is 5.41 Å². The highest BCUT2D eigenvalue weighted by Gasteiger charge is 2.52. The van der Waals surface area contributed by atoms with Crippen molar-refractivity contribution in [1.82, 2.24) is 0 Å². The first-order chi connectivity index (χ1) is 30.0. The van der Waals surface area contributed by atoms with Crippen LogP contribution in [0.1, 0.15) is 33.4 Å². The summed E-state index contributed by atoms with van der Waals surface area (Å²) in [6.07, 6.45) is 0. The molecule has 6 heteroatoms. The summed E-state index contributed by atoms with van der Waals surface area (Å²) in [6.45, 7) is 0. The Labute approximate surface area is 351 Å². The van der Waals surface area contributed by atoms with Crippen LogP contribution in [0, 0.1) is 34.3 Å². The minimum absolute atomic E-state index is 0.349. The monoisotopic (exact) mass is 786 g/mol. The number of hydrogen-bond donors (Lipinski definition) is 0. The van der Waals surface area contributed by atoms with E-state index in [1.54, 1.807) is 48.5 Å². The van der Waals surface area contributed by atoms with Crippen molar-refractivity contribution in [2.75, 3.05) is 9.80 Å². The number of fused-ring (bicyclic) bond motifs is 12. The summed E-state index contributed by atoms with van der Waals surface area (Å²) in [6, 6.07) is 66.3. The summed E-state index contributed by atoms with van der Waals surface area (Å²) in [5.74, 6) is -0.799. The van der Waals surface area contributed by atoms with Crippen LogP contribution in [0.25, 0.3) is 33.0 Å². The highest BCUT2D eigenvalue weighted by atomic mass is 19.1. The Morgan fingerprint density at radius 3 is 1.49 bits per heavy atom. The van der Waals surface area contributed by atoms with E-state index in [0.717, 1.165) is 66.7 Å². The van der Waals surface area contributed by atoms with E-state index in [1.165, 1.54) is 12.1 Å². The predicted molar refractivity (Wildman–Crippen MR) is 239 cm³/mol. The smallest absolute Gasteiger partial charge is 0.147 e. The molecule has 9 aromatic carbocycles. The molecule has 9 aromatic rings. The highest BCUT2D eigenvalue weighted by molar-refractivity contribution is 6.12. The molecule has 2 aliphatic rings. The Hall–Kier alpha value is -8.32. The second-order valence-corrected chi connectivity index (χ2v) is 15.3. The highest BCUT2D eigenvalue weighted by Crippen LogP contribution is 2.65. The number of halogens is 2. The number of benzene rings is 9. The summed E-state index contributed by atoms with van der Waals surface area (Å²) in [4.78, 5) is 3.81. The van der Waals surface area contributed by atoms with Gasteiger partial charge in [-0.2, -0.15) is 10.5 Å². The van der Waals surface area contributed by atoms with E-state index in [-0.39, 0.29) is 0 Å². The molecule has 0 aliphatic heterocycles. The minimum atomic E-state index is -0.864. The van der Waals surface area contributed by atoms with Crippen LogP contribution in [0.5, 0.6) is 0 Å². The first-order valence-electron chi connectivity index (χ1n) is 20.0. The Balaban J connectivity index is 1.27. The molecule has 0 aromatic heterocycles. The van der Waals surface area contributed by atoms with E-state index in [1.807, 2.05) is 64.4 Å². The van der Waals surface area contributed by atoms with Crippen LogP contribution in [-0.2, 0) is 5.41 Å². The average molecular weight is 787 g/mol.